The Morgan fingerprint density at radius 3 is 2.28 bits per heavy atom. The van der Waals surface area contributed by atoms with Gasteiger partial charge in [-0.15, -0.1) is 0 Å². The van der Waals surface area contributed by atoms with Crippen molar-refractivity contribution in [2.24, 2.45) is 0 Å². The molecule has 0 aromatic heterocycles. The molecule has 0 saturated carbocycles. The normalized spacial score (nSPS) is 25.5. The first-order valence-electron chi connectivity index (χ1n) is 8.12. The third-order valence-corrected chi connectivity index (χ3v) is 4.75. The zero-order valence-corrected chi connectivity index (χ0v) is 14.1. The molecule has 3 rings (SSSR count). The number of carbonyl (C=O) groups excluding carboxylic acids is 1. The molecule has 4 atom stereocenters. The van der Waals surface area contributed by atoms with Crippen LogP contribution < -0.4 is 5.32 Å². The van der Waals surface area contributed by atoms with E-state index in [1.165, 1.54) is 7.11 Å². The quantitative estimate of drug-likeness (QED) is 0.526. The van der Waals surface area contributed by atoms with Crippen LogP contribution in [0.5, 0.6) is 0 Å². The molecule has 0 unspecified atom stereocenters. The summed E-state index contributed by atoms with van der Waals surface area (Å²) in [5.41, 5.74) is 2.62. The number of esters is 1. The van der Waals surface area contributed by atoms with Crippen molar-refractivity contribution in [2.45, 2.75) is 31.0 Å². The fraction of sp³-hybridized carbons (Fsp3) is 0.316. The Hall–Kier alpha value is -2.73. The maximum absolute atomic E-state index is 12.3. The summed E-state index contributed by atoms with van der Waals surface area (Å²) in [6.45, 7) is 1.96. The number of nitro groups is 1. The highest BCUT2D eigenvalue weighted by molar-refractivity contribution is 5.78. The number of rotatable bonds is 4. The second-order valence-corrected chi connectivity index (χ2v) is 6.27. The average Bonchev–Trinajstić information content (AvgIpc) is 3.03. The molecule has 1 aliphatic rings. The van der Waals surface area contributed by atoms with Crippen LogP contribution in [0.2, 0.25) is 0 Å². The number of nitrogens with zero attached hydrogens (tertiary/aromatic N) is 1. The lowest BCUT2D eigenvalue weighted by Gasteiger charge is -2.19. The summed E-state index contributed by atoms with van der Waals surface area (Å²) >= 11 is 0. The highest BCUT2D eigenvalue weighted by Gasteiger charge is 2.54. The molecule has 25 heavy (non-hydrogen) atoms. The zero-order chi connectivity index (χ0) is 18.0. The minimum Gasteiger partial charge on any atom is -0.468 e. The first-order chi connectivity index (χ1) is 12.0. The van der Waals surface area contributed by atoms with Crippen molar-refractivity contribution in [2.75, 3.05) is 7.11 Å². The molecule has 0 spiro atoms. The topological polar surface area (TPSA) is 81.5 Å². The predicted molar refractivity (Wildman–Crippen MR) is 92.8 cm³/mol. The van der Waals surface area contributed by atoms with Gasteiger partial charge in [0.1, 0.15) is 12.1 Å². The second kappa shape index (κ2) is 7.03. The lowest BCUT2D eigenvalue weighted by molar-refractivity contribution is -0.527. The van der Waals surface area contributed by atoms with Crippen LogP contribution in [0.15, 0.2) is 54.6 Å². The number of hydrogen-bond donors (Lipinski definition) is 1. The number of hydrogen-bond acceptors (Lipinski definition) is 5. The van der Waals surface area contributed by atoms with Gasteiger partial charge >= 0.3 is 5.97 Å². The van der Waals surface area contributed by atoms with Crippen molar-refractivity contribution in [3.63, 3.8) is 0 Å². The average molecular weight is 340 g/mol. The molecule has 6 nitrogen and oxygen atoms in total. The molecule has 0 radical (unpaired) electrons. The van der Waals surface area contributed by atoms with Crippen LogP contribution in [0.4, 0.5) is 0 Å². The smallest absolute Gasteiger partial charge is 0.323 e. The minimum absolute atomic E-state index is 0.294. The van der Waals surface area contributed by atoms with E-state index in [1.54, 1.807) is 0 Å². The minimum atomic E-state index is -0.964. The van der Waals surface area contributed by atoms with Gasteiger partial charge in [-0.25, -0.2) is 0 Å². The Labute approximate surface area is 146 Å². The Bertz CT molecular complexity index is 761. The molecule has 0 bridgehead atoms. The van der Waals surface area contributed by atoms with E-state index in [4.69, 9.17) is 4.74 Å². The molecule has 2 aromatic carbocycles. The molecule has 2 aromatic rings. The highest BCUT2D eigenvalue weighted by Crippen LogP contribution is 2.40. The molecule has 1 N–H and O–H groups in total. The second-order valence-electron chi connectivity index (χ2n) is 6.27. The van der Waals surface area contributed by atoms with Crippen molar-refractivity contribution < 1.29 is 14.5 Å². The highest BCUT2D eigenvalue weighted by atomic mass is 16.6. The molecule has 0 aliphatic carbocycles. The molecule has 1 aliphatic heterocycles. The molecule has 130 valence electrons. The van der Waals surface area contributed by atoms with Crippen LogP contribution in [0.1, 0.15) is 28.7 Å². The summed E-state index contributed by atoms with van der Waals surface area (Å²) < 4.78 is 4.89. The molecular weight excluding hydrogens is 320 g/mol. The maximum Gasteiger partial charge on any atom is 0.323 e. The van der Waals surface area contributed by atoms with Gasteiger partial charge in [-0.05, 0) is 18.1 Å². The van der Waals surface area contributed by atoms with E-state index in [9.17, 15) is 14.9 Å². The standard InChI is InChI=1S/C19H20N2O4/c1-12-8-10-14(11-9-12)16-18(21(23)24)15(13-6-4-3-5-7-13)17(20-16)19(22)25-2/h3-11,15-18,20H,1-2H3/t15-,16+,17+,18+/m0/s1. The van der Waals surface area contributed by atoms with Crippen LogP contribution in [0, 0.1) is 17.0 Å². The van der Waals surface area contributed by atoms with Gasteiger partial charge in [0.25, 0.3) is 0 Å². The first kappa shape index (κ1) is 17.1. The third kappa shape index (κ3) is 3.25. The summed E-state index contributed by atoms with van der Waals surface area (Å²) in [7, 11) is 1.30. The Kier molecular flexibility index (Phi) is 4.81. The number of methoxy groups -OCH3 is 1. The number of benzene rings is 2. The fourth-order valence-corrected chi connectivity index (χ4v) is 3.53. The van der Waals surface area contributed by atoms with Crippen LogP contribution in [0.3, 0.4) is 0 Å². The predicted octanol–water partition coefficient (Wildman–Crippen LogP) is 2.61. The van der Waals surface area contributed by atoms with Crippen molar-refractivity contribution in [3.05, 3.63) is 81.4 Å². The van der Waals surface area contributed by atoms with Crippen molar-refractivity contribution >= 4 is 5.97 Å². The van der Waals surface area contributed by atoms with Gasteiger partial charge in [0.2, 0.25) is 6.04 Å². The SMILES string of the molecule is COC(=O)[C@@H]1N[C@H](c2ccc(C)cc2)[C@H]([N+](=O)[O-])[C@H]1c1ccccc1. The molecular formula is C19H20N2O4. The first-order valence-corrected chi connectivity index (χ1v) is 8.12. The summed E-state index contributed by atoms with van der Waals surface area (Å²) in [5.74, 6) is -1.09. The monoisotopic (exact) mass is 340 g/mol. The summed E-state index contributed by atoms with van der Waals surface area (Å²) in [5, 5.41) is 15.0. The van der Waals surface area contributed by atoms with Crippen molar-refractivity contribution in [3.8, 4) is 0 Å². The summed E-state index contributed by atoms with van der Waals surface area (Å²) in [6.07, 6.45) is 0. The van der Waals surface area contributed by atoms with Gasteiger partial charge in [0.05, 0.1) is 13.0 Å². The maximum atomic E-state index is 12.3. The molecule has 0 amide bonds. The Morgan fingerprint density at radius 2 is 1.72 bits per heavy atom. The van der Waals surface area contributed by atoms with E-state index in [0.29, 0.717) is 0 Å². The zero-order valence-electron chi connectivity index (χ0n) is 14.1. The number of aryl methyl sites for hydroxylation is 1. The van der Waals surface area contributed by atoms with E-state index in [2.05, 4.69) is 5.32 Å². The molecule has 1 saturated heterocycles. The summed E-state index contributed by atoms with van der Waals surface area (Å²) in [4.78, 5) is 23.9. The Morgan fingerprint density at radius 1 is 1.08 bits per heavy atom. The largest absolute Gasteiger partial charge is 0.468 e. The summed E-state index contributed by atoms with van der Waals surface area (Å²) in [6, 6.07) is 14.4. The van der Waals surface area contributed by atoms with Gasteiger partial charge in [-0.3, -0.25) is 20.2 Å². The molecule has 1 fully saturated rings. The Balaban J connectivity index is 2.07. The van der Waals surface area contributed by atoms with Gasteiger partial charge < -0.3 is 4.74 Å². The van der Waals surface area contributed by atoms with Crippen molar-refractivity contribution in [1.82, 2.24) is 5.32 Å². The van der Waals surface area contributed by atoms with E-state index < -0.39 is 30.0 Å². The fourth-order valence-electron chi connectivity index (χ4n) is 3.53. The van der Waals surface area contributed by atoms with Gasteiger partial charge in [-0.2, -0.15) is 0 Å². The van der Waals surface area contributed by atoms with Crippen LogP contribution >= 0.6 is 0 Å². The van der Waals surface area contributed by atoms with E-state index in [1.807, 2.05) is 61.5 Å². The van der Waals surface area contributed by atoms with E-state index >= 15 is 0 Å². The van der Waals surface area contributed by atoms with Crippen molar-refractivity contribution in [1.29, 1.82) is 0 Å². The van der Waals surface area contributed by atoms with Gasteiger partial charge in [0.15, 0.2) is 0 Å². The van der Waals surface area contributed by atoms with Crippen LogP contribution in [0.25, 0.3) is 0 Å². The molecule has 1 heterocycles. The third-order valence-electron chi connectivity index (χ3n) is 4.75. The van der Waals surface area contributed by atoms with E-state index in [-0.39, 0.29) is 4.92 Å². The van der Waals surface area contributed by atoms with Crippen LogP contribution in [-0.4, -0.2) is 30.1 Å². The molecule has 6 heteroatoms. The number of carbonyl (C=O) groups is 1. The van der Waals surface area contributed by atoms with Crippen LogP contribution in [-0.2, 0) is 9.53 Å². The van der Waals surface area contributed by atoms with Gasteiger partial charge in [-0.1, -0.05) is 60.2 Å². The lowest BCUT2D eigenvalue weighted by atomic mass is 9.85. The van der Waals surface area contributed by atoms with Gasteiger partial charge in [0, 0.05) is 4.92 Å². The number of nitrogens with one attached hydrogen (secondary N) is 1. The number of ether oxygens (including phenoxy) is 1. The van der Waals surface area contributed by atoms with E-state index in [0.717, 1.165) is 16.7 Å². The lowest BCUT2D eigenvalue weighted by Crippen LogP contribution is -2.37.